The Bertz CT molecular complexity index is 926. The van der Waals surface area contributed by atoms with Crippen LogP contribution in [0.3, 0.4) is 0 Å². The lowest BCUT2D eigenvalue weighted by molar-refractivity contribution is -0.385. The van der Waals surface area contributed by atoms with Crippen molar-refractivity contribution in [3.8, 4) is 0 Å². The number of fused-ring (bicyclic) bond motifs is 5. The molecule has 176 valence electrons. The van der Waals surface area contributed by atoms with Gasteiger partial charge in [-0.3, -0.25) is 19.6 Å². The van der Waals surface area contributed by atoms with E-state index in [9.17, 15) is 20.0 Å². The third-order valence-corrected chi connectivity index (χ3v) is 10.5. The van der Waals surface area contributed by atoms with E-state index < -0.39 is 10.5 Å². The van der Waals surface area contributed by atoms with E-state index in [1.165, 1.54) is 36.3 Å². The van der Waals surface area contributed by atoms with E-state index in [1.807, 2.05) is 6.92 Å². The molecule has 1 heterocycles. The lowest BCUT2D eigenvalue weighted by Gasteiger charge is -2.61. The SMILES string of the molecule is CC12CC[C@H]3C(CC[C@@H]4C[C@](C)(O)CC[C@@]43C)[C@@H]1CCC2C(=O)Cn1cc([N+](=O)[O-])cn1. The van der Waals surface area contributed by atoms with Crippen LogP contribution in [0.15, 0.2) is 12.4 Å². The molecule has 8 atom stereocenters. The van der Waals surface area contributed by atoms with E-state index in [-0.39, 0.29) is 29.3 Å². The molecule has 7 heteroatoms. The van der Waals surface area contributed by atoms with Gasteiger partial charge in [-0.1, -0.05) is 13.8 Å². The molecule has 32 heavy (non-hydrogen) atoms. The fraction of sp³-hybridized carbons (Fsp3) is 0.840. The Morgan fingerprint density at radius 3 is 2.59 bits per heavy atom. The monoisotopic (exact) mass is 443 g/mol. The van der Waals surface area contributed by atoms with Crippen molar-refractivity contribution >= 4 is 11.5 Å². The molecule has 0 saturated heterocycles. The molecule has 1 aromatic rings. The van der Waals surface area contributed by atoms with Gasteiger partial charge >= 0.3 is 5.69 Å². The third-order valence-electron chi connectivity index (χ3n) is 10.5. The minimum absolute atomic E-state index is 0.0225. The summed E-state index contributed by atoms with van der Waals surface area (Å²) in [6.07, 6.45) is 12.3. The topological polar surface area (TPSA) is 98.3 Å². The van der Waals surface area contributed by atoms with Gasteiger partial charge in [0.05, 0.1) is 10.5 Å². The average molecular weight is 444 g/mol. The van der Waals surface area contributed by atoms with Crippen LogP contribution in [0.2, 0.25) is 0 Å². The van der Waals surface area contributed by atoms with E-state index in [0.29, 0.717) is 29.1 Å². The van der Waals surface area contributed by atoms with Gasteiger partial charge in [0.15, 0.2) is 5.78 Å². The van der Waals surface area contributed by atoms with Crippen molar-refractivity contribution in [2.24, 2.45) is 40.4 Å². The lowest BCUT2D eigenvalue weighted by Crippen LogP contribution is -2.55. The Morgan fingerprint density at radius 1 is 1.12 bits per heavy atom. The van der Waals surface area contributed by atoms with Gasteiger partial charge in [0.1, 0.15) is 18.9 Å². The smallest absolute Gasteiger partial charge is 0.307 e. The third kappa shape index (κ3) is 3.34. The van der Waals surface area contributed by atoms with Crippen LogP contribution in [0.4, 0.5) is 5.69 Å². The van der Waals surface area contributed by atoms with E-state index >= 15 is 0 Å². The Morgan fingerprint density at radius 2 is 1.88 bits per heavy atom. The first-order chi connectivity index (χ1) is 15.0. The molecule has 5 rings (SSSR count). The van der Waals surface area contributed by atoms with Gasteiger partial charge in [0, 0.05) is 5.92 Å². The second-order valence-corrected chi connectivity index (χ2v) is 12.2. The molecule has 0 spiro atoms. The molecule has 0 radical (unpaired) electrons. The quantitative estimate of drug-likeness (QED) is 0.534. The lowest BCUT2D eigenvalue weighted by atomic mass is 9.44. The standard InChI is InChI=1S/C25H37N3O4/c1-23(30)10-11-24(2)16(12-23)4-5-18-19-6-7-21(25(19,3)9-8-20(18)24)22(29)15-27-14-17(13-26-27)28(31)32/h13-14,16,18-21,30H,4-12,15H2,1-3H3/t16-,18?,19+,20+,21?,23-,24+,25?/m1/s1. The van der Waals surface area contributed by atoms with E-state index in [0.717, 1.165) is 38.5 Å². The highest BCUT2D eigenvalue weighted by molar-refractivity contribution is 5.82. The van der Waals surface area contributed by atoms with Crippen molar-refractivity contribution in [1.29, 1.82) is 0 Å². The largest absolute Gasteiger partial charge is 0.390 e. The minimum atomic E-state index is -0.507. The zero-order valence-electron chi connectivity index (χ0n) is 19.6. The zero-order valence-corrected chi connectivity index (χ0v) is 19.6. The fourth-order valence-electron chi connectivity index (χ4n) is 8.76. The number of nitro groups is 1. The summed E-state index contributed by atoms with van der Waals surface area (Å²) in [6.45, 7) is 6.98. The summed E-state index contributed by atoms with van der Waals surface area (Å²) in [4.78, 5) is 23.8. The molecule has 0 bridgehead atoms. The maximum absolute atomic E-state index is 13.3. The molecule has 1 N–H and O–H groups in total. The molecule has 0 amide bonds. The molecular formula is C25H37N3O4. The van der Waals surface area contributed by atoms with Crippen LogP contribution < -0.4 is 0 Å². The number of aromatic nitrogens is 2. The second-order valence-electron chi connectivity index (χ2n) is 12.2. The molecule has 4 fully saturated rings. The van der Waals surface area contributed by atoms with Crippen molar-refractivity contribution in [2.75, 3.05) is 0 Å². The Hall–Kier alpha value is -1.76. The van der Waals surface area contributed by atoms with Crippen LogP contribution in [0.25, 0.3) is 0 Å². The van der Waals surface area contributed by atoms with Crippen LogP contribution in [0.1, 0.15) is 78.6 Å². The molecule has 7 nitrogen and oxygen atoms in total. The number of carbonyl (C=O) groups excluding carboxylic acids is 1. The maximum atomic E-state index is 13.3. The highest BCUT2D eigenvalue weighted by Gasteiger charge is 2.61. The summed E-state index contributed by atoms with van der Waals surface area (Å²) in [7, 11) is 0. The van der Waals surface area contributed by atoms with Gasteiger partial charge in [-0.05, 0) is 99.2 Å². The number of hydrogen-bond acceptors (Lipinski definition) is 5. The summed E-state index contributed by atoms with van der Waals surface area (Å²) in [5, 5.41) is 25.7. The molecule has 4 aliphatic carbocycles. The van der Waals surface area contributed by atoms with E-state index in [1.54, 1.807) is 0 Å². The van der Waals surface area contributed by atoms with Crippen molar-refractivity contribution in [2.45, 2.75) is 90.7 Å². The van der Waals surface area contributed by atoms with Gasteiger partial charge in [0.25, 0.3) is 0 Å². The Labute approximate surface area is 190 Å². The zero-order chi connectivity index (χ0) is 22.9. The molecular weight excluding hydrogens is 406 g/mol. The number of Topliss-reactive ketones (excluding diaryl/α,β-unsaturated/α-hetero) is 1. The maximum Gasteiger partial charge on any atom is 0.307 e. The second kappa shape index (κ2) is 7.37. The molecule has 4 saturated carbocycles. The number of nitrogens with zero attached hydrogens (tertiary/aromatic N) is 3. The van der Waals surface area contributed by atoms with Crippen molar-refractivity contribution in [1.82, 2.24) is 9.78 Å². The van der Waals surface area contributed by atoms with Gasteiger partial charge in [0.2, 0.25) is 0 Å². The summed E-state index contributed by atoms with van der Waals surface area (Å²) in [6, 6.07) is 0. The van der Waals surface area contributed by atoms with Gasteiger partial charge in [-0.15, -0.1) is 0 Å². The van der Waals surface area contributed by atoms with Crippen molar-refractivity contribution < 1.29 is 14.8 Å². The molecule has 3 unspecified atom stereocenters. The summed E-state index contributed by atoms with van der Waals surface area (Å²) < 4.78 is 1.43. The van der Waals surface area contributed by atoms with Crippen molar-refractivity contribution in [3.63, 3.8) is 0 Å². The highest BCUT2D eigenvalue weighted by Crippen LogP contribution is 2.68. The molecule has 1 aromatic heterocycles. The predicted molar refractivity (Wildman–Crippen MR) is 120 cm³/mol. The van der Waals surface area contributed by atoms with Gasteiger partial charge in [-0.25, -0.2) is 0 Å². The number of ketones is 1. The van der Waals surface area contributed by atoms with Crippen LogP contribution in [-0.4, -0.2) is 31.2 Å². The minimum Gasteiger partial charge on any atom is -0.390 e. The predicted octanol–water partition coefficient (Wildman–Crippen LogP) is 4.77. The number of hydrogen-bond donors (Lipinski definition) is 1. The van der Waals surface area contributed by atoms with Crippen LogP contribution in [0.5, 0.6) is 0 Å². The van der Waals surface area contributed by atoms with Crippen LogP contribution in [-0.2, 0) is 11.3 Å². The first-order valence-electron chi connectivity index (χ1n) is 12.5. The average Bonchev–Trinajstić information content (AvgIpc) is 3.32. The number of carbonyl (C=O) groups is 1. The Balaban J connectivity index is 1.32. The molecule has 0 aromatic carbocycles. The molecule has 0 aliphatic heterocycles. The highest BCUT2D eigenvalue weighted by atomic mass is 16.6. The van der Waals surface area contributed by atoms with E-state index in [4.69, 9.17) is 0 Å². The van der Waals surface area contributed by atoms with Gasteiger partial charge in [-0.2, -0.15) is 5.10 Å². The normalized spacial score (nSPS) is 45.6. The van der Waals surface area contributed by atoms with Gasteiger partial charge < -0.3 is 5.11 Å². The number of rotatable bonds is 4. The summed E-state index contributed by atoms with van der Waals surface area (Å²) >= 11 is 0. The number of aliphatic hydroxyl groups is 1. The van der Waals surface area contributed by atoms with E-state index in [2.05, 4.69) is 18.9 Å². The van der Waals surface area contributed by atoms with Crippen LogP contribution in [0, 0.1) is 50.5 Å². The first kappa shape index (κ1) is 22.1. The summed E-state index contributed by atoms with van der Waals surface area (Å²) in [5.41, 5.74) is -0.221. The summed E-state index contributed by atoms with van der Waals surface area (Å²) in [5.74, 6) is 2.79. The van der Waals surface area contributed by atoms with Crippen LogP contribution >= 0.6 is 0 Å². The molecule has 4 aliphatic rings. The first-order valence-corrected chi connectivity index (χ1v) is 12.5. The fourth-order valence-corrected chi connectivity index (χ4v) is 8.76. The van der Waals surface area contributed by atoms with Crippen molar-refractivity contribution in [3.05, 3.63) is 22.5 Å². The Kier molecular flexibility index (Phi) is 5.08.